The fraction of sp³-hybridized carbons (Fsp3) is 0.333. The summed E-state index contributed by atoms with van der Waals surface area (Å²) < 4.78 is 2.05. The maximum atomic E-state index is 10.7. The highest BCUT2D eigenvalue weighted by molar-refractivity contribution is 5.77. The zero-order valence-corrected chi connectivity index (χ0v) is 11.1. The van der Waals surface area contributed by atoms with E-state index in [1.54, 1.807) is 0 Å². The SMILES string of the molecule is CCCn1nc(C)c(-c2ccc(C=O)cc2)c1C. The third kappa shape index (κ3) is 2.21. The van der Waals surface area contributed by atoms with E-state index in [9.17, 15) is 4.79 Å². The molecule has 0 radical (unpaired) electrons. The zero-order valence-electron chi connectivity index (χ0n) is 11.1. The second-order valence-corrected chi connectivity index (χ2v) is 4.51. The topological polar surface area (TPSA) is 34.9 Å². The number of aromatic nitrogens is 2. The Balaban J connectivity index is 2.45. The van der Waals surface area contributed by atoms with Crippen molar-refractivity contribution in [2.75, 3.05) is 0 Å². The van der Waals surface area contributed by atoms with E-state index in [1.807, 2.05) is 31.2 Å². The molecule has 0 unspecified atom stereocenters. The van der Waals surface area contributed by atoms with Crippen LogP contribution < -0.4 is 0 Å². The molecule has 0 aliphatic rings. The van der Waals surface area contributed by atoms with Crippen LogP contribution in [0.25, 0.3) is 11.1 Å². The van der Waals surface area contributed by atoms with Gasteiger partial charge < -0.3 is 0 Å². The summed E-state index contributed by atoms with van der Waals surface area (Å²) in [6.45, 7) is 7.22. The highest BCUT2D eigenvalue weighted by Gasteiger charge is 2.12. The fourth-order valence-corrected chi connectivity index (χ4v) is 2.27. The monoisotopic (exact) mass is 242 g/mol. The Labute approximate surface area is 107 Å². The van der Waals surface area contributed by atoms with Gasteiger partial charge in [0, 0.05) is 23.4 Å². The van der Waals surface area contributed by atoms with Gasteiger partial charge in [-0.25, -0.2) is 0 Å². The van der Waals surface area contributed by atoms with Crippen molar-refractivity contribution in [2.24, 2.45) is 0 Å². The molecule has 0 saturated carbocycles. The predicted octanol–water partition coefficient (Wildman–Crippen LogP) is 3.39. The molecule has 1 aromatic carbocycles. The first kappa shape index (κ1) is 12.6. The van der Waals surface area contributed by atoms with Crippen LogP contribution in [0.1, 0.15) is 35.1 Å². The number of carbonyl (C=O) groups is 1. The summed E-state index contributed by atoms with van der Waals surface area (Å²) in [4.78, 5) is 10.7. The van der Waals surface area contributed by atoms with Crippen LogP contribution >= 0.6 is 0 Å². The lowest BCUT2D eigenvalue weighted by Crippen LogP contribution is -2.01. The van der Waals surface area contributed by atoms with E-state index in [4.69, 9.17) is 0 Å². The highest BCUT2D eigenvalue weighted by Crippen LogP contribution is 2.27. The number of nitrogens with zero attached hydrogens (tertiary/aromatic N) is 2. The Morgan fingerprint density at radius 3 is 2.44 bits per heavy atom. The average molecular weight is 242 g/mol. The first-order valence-corrected chi connectivity index (χ1v) is 6.27. The fourth-order valence-electron chi connectivity index (χ4n) is 2.27. The van der Waals surface area contributed by atoms with Gasteiger partial charge in [0.2, 0.25) is 0 Å². The van der Waals surface area contributed by atoms with Crippen molar-refractivity contribution < 1.29 is 4.79 Å². The van der Waals surface area contributed by atoms with Crippen molar-refractivity contribution in [3.05, 3.63) is 41.2 Å². The molecular weight excluding hydrogens is 224 g/mol. The summed E-state index contributed by atoms with van der Waals surface area (Å²) >= 11 is 0. The lowest BCUT2D eigenvalue weighted by atomic mass is 10.0. The summed E-state index contributed by atoms with van der Waals surface area (Å²) in [5.74, 6) is 0. The molecule has 0 amide bonds. The van der Waals surface area contributed by atoms with Crippen molar-refractivity contribution in [2.45, 2.75) is 33.7 Å². The van der Waals surface area contributed by atoms with Gasteiger partial charge in [-0.3, -0.25) is 9.48 Å². The second kappa shape index (κ2) is 5.17. The minimum Gasteiger partial charge on any atom is -0.298 e. The molecule has 0 atom stereocenters. The van der Waals surface area contributed by atoms with Gasteiger partial charge in [0.15, 0.2) is 0 Å². The molecule has 0 saturated heterocycles. The smallest absolute Gasteiger partial charge is 0.150 e. The molecule has 18 heavy (non-hydrogen) atoms. The van der Waals surface area contributed by atoms with E-state index in [2.05, 4.69) is 23.6 Å². The minimum absolute atomic E-state index is 0.704. The summed E-state index contributed by atoms with van der Waals surface area (Å²) in [7, 11) is 0. The molecule has 94 valence electrons. The number of benzene rings is 1. The van der Waals surface area contributed by atoms with Gasteiger partial charge in [0.1, 0.15) is 6.29 Å². The minimum atomic E-state index is 0.704. The highest BCUT2D eigenvalue weighted by atomic mass is 16.1. The molecule has 0 aliphatic carbocycles. The van der Waals surface area contributed by atoms with Gasteiger partial charge in [-0.2, -0.15) is 5.10 Å². The molecule has 2 aromatic rings. The quantitative estimate of drug-likeness (QED) is 0.770. The molecule has 0 aliphatic heterocycles. The molecule has 1 heterocycles. The summed E-state index contributed by atoms with van der Waals surface area (Å²) in [6, 6.07) is 7.66. The van der Waals surface area contributed by atoms with Gasteiger partial charge in [-0.1, -0.05) is 31.2 Å². The maximum absolute atomic E-state index is 10.7. The molecule has 0 spiro atoms. The molecule has 0 bridgehead atoms. The van der Waals surface area contributed by atoms with Gasteiger partial charge >= 0.3 is 0 Å². The largest absolute Gasteiger partial charge is 0.298 e. The van der Waals surface area contributed by atoms with Gasteiger partial charge in [0.05, 0.1) is 5.69 Å². The summed E-state index contributed by atoms with van der Waals surface area (Å²) in [5.41, 5.74) is 5.24. The van der Waals surface area contributed by atoms with E-state index >= 15 is 0 Å². The molecule has 3 nitrogen and oxygen atoms in total. The molecular formula is C15H18N2O. The second-order valence-electron chi connectivity index (χ2n) is 4.51. The molecule has 3 heteroatoms. The number of aryl methyl sites for hydroxylation is 2. The van der Waals surface area contributed by atoms with E-state index < -0.39 is 0 Å². The van der Waals surface area contributed by atoms with Crippen LogP contribution in [0.4, 0.5) is 0 Å². The Morgan fingerprint density at radius 2 is 1.89 bits per heavy atom. The average Bonchev–Trinajstić information content (AvgIpc) is 2.65. The van der Waals surface area contributed by atoms with Crippen LogP contribution in [0.3, 0.4) is 0 Å². The van der Waals surface area contributed by atoms with Crippen LogP contribution in [-0.4, -0.2) is 16.1 Å². The van der Waals surface area contributed by atoms with Crippen LogP contribution in [0.2, 0.25) is 0 Å². The Kier molecular flexibility index (Phi) is 3.60. The number of aldehydes is 1. The molecule has 1 aromatic heterocycles. The first-order valence-electron chi connectivity index (χ1n) is 6.27. The first-order chi connectivity index (χ1) is 8.67. The van der Waals surface area contributed by atoms with Gasteiger partial charge in [0.25, 0.3) is 0 Å². The van der Waals surface area contributed by atoms with Crippen LogP contribution in [0.5, 0.6) is 0 Å². The maximum Gasteiger partial charge on any atom is 0.150 e. The van der Waals surface area contributed by atoms with E-state index in [-0.39, 0.29) is 0 Å². The predicted molar refractivity (Wildman–Crippen MR) is 72.8 cm³/mol. The third-order valence-corrected chi connectivity index (χ3v) is 3.15. The lowest BCUT2D eigenvalue weighted by Gasteiger charge is -2.04. The van der Waals surface area contributed by atoms with E-state index in [0.717, 1.165) is 30.5 Å². The van der Waals surface area contributed by atoms with E-state index in [0.29, 0.717) is 5.56 Å². The van der Waals surface area contributed by atoms with Crippen molar-refractivity contribution >= 4 is 6.29 Å². The molecule has 0 N–H and O–H groups in total. The van der Waals surface area contributed by atoms with Crippen molar-refractivity contribution in [3.8, 4) is 11.1 Å². The van der Waals surface area contributed by atoms with Gasteiger partial charge in [-0.15, -0.1) is 0 Å². The normalized spacial score (nSPS) is 10.6. The number of carbonyl (C=O) groups excluding carboxylic acids is 1. The third-order valence-electron chi connectivity index (χ3n) is 3.15. The van der Waals surface area contributed by atoms with Crippen molar-refractivity contribution in [1.82, 2.24) is 9.78 Å². The Morgan fingerprint density at radius 1 is 1.22 bits per heavy atom. The van der Waals surface area contributed by atoms with Crippen molar-refractivity contribution in [1.29, 1.82) is 0 Å². The standard InChI is InChI=1S/C15H18N2O/c1-4-9-17-12(3)15(11(2)16-17)14-7-5-13(10-18)6-8-14/h5-8,10H,4,9H2,1-3H3. The zero-order chi connectivity index (χ0) is 13.1. The van der Waals surface area contributed by atoms with Crippen LogP contribution in [-0.2, 0) is 6.54 Å². The van der Waals surface area contributed by atoms with Crippen molar-refractivity contribution in [3.63, 3.8) is 0 Å². The lowest BCUT2D eigenvalue weighted by molar-refractivity contribution is 0.112. The number of rotatable bonds is 4. The van der Waals surface area contributed by atoms with Gasteiger partial charge in [-0.05, 0) is 25.8 Å². The Hall–Kier alpha value is -1.90. The summed E-state index contributed by atoms with van der Waals surface area (Å²) in [5, 5.41) is 4.57. The number of hydrogen-bond acceptors (Lipinski definition) is 2. The van der Waals surface area contributed by atoms with Crippen LogP contribution in [0, 0.1) is 13.8 Å². The number of hydrogen-bond donors (Lipinski definition) is 0. The summed E-state index contributed by atoms with van der Waals surface area (Å²) in [6.07, 6.45) is 1.94. The van der Waals surface area contributed by atoms with Crippen LogP contribution in [0.15, 0.2) is 24.3 Å². The Bertz CT molecular complexity index is 553. The molecule has 0 fully saturated rings. The van der Waals surface area contributed by atoms with E-state index in [1.165, 1.54) is 11.3 Å². The molecule has 2 rings (SSSR count).